The second-order valence-electron chi connectivity index (χ2n) is 5.63. The molecule has 1 aromatic carbocycles. The Bertz CT molecular complexity index is 710. The van der Waals surface area contributed by atoms with Gasteiger partial charge in [-0.15, -0.1) is 0 Å². The zero-order valence-electron chi connectivity index (χ0n) is 12.5. The molecule has 2 heterocycles. The van der Waals surface area contributed by atoms with Crippen LogP contribution in [-0.4, -0.2) is 30.0 Å². The summed E-state index contributed by atoms with van der Waals surface area (Å²) in [6, 6.07) is 8.36. The van der Waals surface area contributed by atoms with Gasteiger partial charge in [-0.25, -0.2) is 4.39 Å². The minimum atomic E-state index is -0.242. The van der Waals surface area contributed by atoms with E-state index in [-0.39, 0.29) is 17.8 Å². The molecular formula is C17H17BrFN3O. The molecule has 2 aromatic rings. The minimum Gasteiger partial charge on any atom is -0.369 e. The van der Waals surface area contributed by atoms with Crippen LogP contribution >= 0.6 is 15.9 Å². The SMILES string of the molecule is O=C(NC1CCCN(c2cccc(F)c2)C1)c1cncc(Br)c1. The normalized spacial score (nSPS) is 17.8. The Kier molecular flexibility index (Phi) is 4.91. The zero-order valence-corrected chi connectivity index (χ0v) is 14.1. The van der Waals surface area contributed by atoms with Gasteiger partial charge in [0.05, 0.1) is 5.56 Å². The first-order valence-electron chi connectivity index (χ1n) is 7.54. The van der Waals surface area contributed by atoms with Gasteiger partial charge in [0.2, 0.25) is 0 Å². The van der Waals surface area contributed by atoms with Crippen LogP contribution in [0.1, 0.15) is 23.2 Å². The van der Waals surface area contributed by atoms with Crippen molar-refractivity contribution in [2.24, 2.45) is 0 Å². The third-order valence-electron chi connectivity index (χ3n) is 3.90. The topological polar surface area (TPSA) is 45.2 Å². The number of nitrogens with zero attached hydrogens (tertiary/aromatic N) is 2. The highest BCUT2D eigenvalue weighted by Crippen LogP contribution is 2.21. The quantitative estimate of drug-likeness (QED) is 0.891. The average molecular weight is 378 g/mol. The molecule has 1 aromatic heterocycles. The Morgan fingerprint density at radius 3 is 3.00 bits per heavy atom. The average Bonchev–Trinajstić information content (AvgIpc) is 2.55. The van der Waals surface area contributed by atoms with Crippen molar-refractivity contribution in [1.82, 2.24) is 10.3 Å². The number of carbonyl (C=O) groups excluding carboxylic acids is 1. The standard InChI is InChI=1S/C17H17BrFN3O/c18-13-7-12(9-20-10-13)17(23)21-15-4-2-6-22(11-15)16-5-1-3-14(19)8-16/h1,3,5,7-10,15H,2,4,6,11H2,(H,21,23). The van der Waals surface area contributed by atoms with Crippen molar-refractivity contribution in [1.29, 1.82) is 0 Å². The molecule has 1 N–H and O–H groups in total. The van der Waals surface area contributed by atoms with Gasteiger partial charge in [-0.3, -0.25) is 9.78 Å². The first kappa shape index (κ1) is 15.9. The molecule has 0 bridgehead atoms. The van der Waals surface area contributed by atoms with Gasteiger partial charge in [0, 0.05) is 41.7 Å². The number of nitrogens with one attached hydrogen (secondary N) is 1. The smallest absolute Gasteiger partial charge is 0.253 e. The highest BCUT2D eigenvalue weighted by molar-refractivity contribution is 9.10. The van der Waals surface area contributed by atoms with Crippen LogP contribution in [0, 0.1) is 5.82 Å². The molecule has 1 aliphatic heterocycles. The monoisotopic (exact) mass is 377 g/mol. The molecule has 0 saturated carbocycles. The highest BCUT2D eigenvalue weighted by atomic mass is 79.9. The number of hydrogen-bond donors (Lipinski definition) is 1. The van der Waals surface area contributed by atoms with Crippen molar-refractivity contribution in [2.75, 3.05) is 18.0 Å². The van der Waals surface area contributed by atoms with E-state index in [1.165, 1.54) is 12.1 Å². The molecular weight excluding hydrogens is 361 g/mol. The van der Waals surface area contributed by atoms with E-state index in [1.807, 2.05) is 6.07 Å². The van der Waals surface area contributed by atoms with Crippen molar-refractivity contribution in [3.05, 3.63) is 58.6 Å². The molecule has 4 nitrogen and oxygen atoms in total. The van der Waals surface area contributed by atoms with Gasteiger partial charge in [-0.1, -0.05) is 6.07 Å². The summed E-state index contributed by atoms with van der Waals surface area (Å²) in [7, 11) is 0. The number of piperidine rings is 1. The van der Waals surface area contributed by atoms with Gasteiger partial charge >= 0.3 is 0 Å². The number of amides is 1. The van der Waals surface area contributed by atoms with Crippen LogP contribution in [0.3, 0.4) is 0 Å². The van der Waals surface area contributed by atoms with Crippen LogP contribution in [0.5, 0.6) is 0 Å². The third-order valence-corrected chi connectivity index (χ3v) is 4.33. The molecule has 1 aliphatic rings. The van der Waals surface area contributed by atoms with Crippen LogP contribution in [0.4, 0.5) is 10.1 Å². The maximum Gasteiger partial charge on any atom is 0.253 e. The molecule has 23 heavy (non-hydrogen) atoms. The molecule has 1 amide bonds. The lowest BCUT2D eigenvalue weighted by molar-refractivity contribution is 0.0932. The number of carbonyl (C=O) groups is 1. The van der Waals surface area contributed by atoms with E-state index in [4.69, 9.17) is 0 Å². The molecule has 6 heteroatoms. The zero-order chi connectivity index (χ0) is 16.2. The minimum absolute atomic E-state index is 0.0403. The molecule has 0 aliphatic carbocycles. The Morgan fingerprint density at radius 2 is 2.22 bits per heavy atom. The van der Waals surface area contributed by atoms with Gasteiger partial charge in [0.15, 0.2) is 0 Å². The second-order valence-corrected chi connectivity index (χ2v) is 6.55. The lowest BCUT2D eigenvalue weighted by Crippen LogP contribution is -2.47. The Hall–Kier alpha value is -1.95. The number of rotatable bonds is 3. The Balaban J connectivity index is 1.66. The maximum atomic E-state index is 13.4. The van der Waals surface area contributed by atoms with Crippen molar-refractivity contribution in [2.45, 2.75) is 18.9 Å². The number of halogens is 2. The summed E-state index contributed by atoms with van der Waals surface area (Å²) in [4.78, 5) is 18.4. The predicted octanol–water partition coefficient (Wildman–Crippen LogP) is 3.38. The van der Waals surface area contributed by atoms with Crippen molar-refractivity contribution in [3.63, 3.8) is 0 Å². The summed E-state index contributed by atoms with van der Waals surface area (Å²) in [6.45, 7) is 1.55. The largest absolute Gasteiger partial charge is 0.369 e. The van der Waals surface area contributed by atoms with Crippen molar-refractivity contribution in [3.8, 4) is 0 Å². The second kappa shape index (κ2) is 7.08. The number of hydrogen-bond acceptors (Lipinski definition) is 3. The molecule has 3 rings (SSSR count). The Labute approximate surface area is 142 Å². The van der Waals surface area contributed by atoms with E-state index in [0.717, 1.165) is 29.5 Å². The van der Waals surface area contributed by atoms with Crippen LogP contribution in [0.15, 0.2) is 47.2 Å². The molecule has 0 radical (unpaired) electrons. The summed E-state index contributed by atoms with van der Waals surface area (Å²) >= 11 is 3.32. The fourth-order valence-corrected chi connectivity index (χ4v) is 3.17. The molecule has 1 fully saturated rings. The van der Waals surface area contributed by atoms with E-state index in [9.17, 15) is 9.18 Å². The van der Waals surface area contributed by atoms with Crippen molar-refractivity contribution >= 4 is 27.5 Å². The number of anilines is 1. The third kappa shape index (κ3) is 4.07. The molecule has 0 spiro atoms. The predicted molar refractivity (Wildman–Crippen MR) is 91.0 cm³/mol. The Morgan fingerprint density at radius 1 is 1.35 bits per heavy atom. The van der Waals surface area contributed by atoms with Crippen LogP contribution < -0.4 is 10.2 Å². The van der Waals surface area contributed by atoms with E-state index >= 15 is 0 Å². The van der Waals surface area contributed by atoms with Gasteiger partial charge < -0.3 is 10.2 Å². The lowest BCUT2D eigenvalue weighted by atomic mass is 10.0. The van der Waals surface area contributed by atoms with Crippen LogP contribution in [0.25, 0.3) is 0 Å². The number of aromatic nitrogens is 1. The highest BCUT2D eigenvalue weighted by Gasteiger charge is 2.22. The van der Waals surface area contributed by atoms with Crippen LogP contribution in [0.2, 0.25) is 0 Å². The fourth-order valence-electron chi connectivity index (χ4n) is 2.81. The fraction of sp³-hybridized carbons (Fsp3) is 0.294. The summed E-state index contributed by atoms with van der Waals surface area (Å²) in [5.41, 5.74) is 1.38. The first-order chi connectivity index (χ1) is 11.1. The van der Waals surface area contributed by atoms with E-state index in [0.29, 0.717) is 12.1 Å². The van der Waals surface area contributed by atoms with Gasteiger partial charge in [0.1, 0.15) is 5.82 Å². The number of benzene rings is 1. The van der Waals surface area contributed by atoms with E-state index < -0.39 is 0 Å². The van der Waals surface area contributed by atoms with Gasteiger partial charge in [0.25, 0.3) is 5.91 Å². The summed E-state index contributed by atoms with van der Waals surface area (Å²) in [5.74, 6) is -0.376. The molecule has 120 valence electrons. The van der Waals surface area contributed by atoms with Crippen LogP contribution in [-0.2, 0) is 0 Å². The van der Waals surface area contributed by atoms with Gasteiger partial charge in [-0.05, 0) is 53.0 Å². The summed E-state index contributed by atoms with van der Waals surface area (Å²) < 4.78 is 14.2. The number of pyridine rings is 1. The first-order valence-corrected chi connectivity index (χ1v) is 8.33. The van der Waals surface area contributed by atoms with E-state index in [2.05, 4.69) is 31.1 Å². The lowest BCUT2D eigenvalue weighted by Gasteiger charge is -2.34. The molecule has 1 unspecified atom stereocenters. The van der Waals surface area contributed by atoms with Crippen molar-refractivity contribution < 1.29 is 9.18 Å². The van der Waals surface area contributed by atoms with E-state index in [1.54, 1.807) is 24.5 Å². The maximum absolute atomic E-state index is 13.4. The summed E-state index contributed by atoms with van der Waals surface area (Å²) in [6.07, 6.45) is 5.06. The summed E-state index contributed by atoms with van der Waals surface area (Å²) in [5, 5.41) is 3.04. The van der Waals surface area contributed by atoms with Gasteiger partial charge in [-0.2, -0.15) is 0 Å². The molecule has 1 atom stereocenters. The molecule has 1 saturated heterocycles.